The first-order valence-corrected chi connectivity index (χ1v) is 5.19. The maximum Gasteiger partial charge on any atom is 0.0443 e. The summed E-state index contributed by atoms with van der Waals surface area (Å²) < 4.78 is 0. The number of aliphatic hydroxyl groups is 1. The van der Waals surface area contributed by atoms with Crippen molar-refractivity contribution in [2.45, 2.75) is 52.0 Å². The lowest BCUT2D eigenvalue weighted by molar-refractivity contribution is 0.281. The van der Waals surface area contributed by atoms with Crippen molar-refractivity contribution < 1.29 is 5.11 Å². The van der Waals surface area contributed by atoms with Crippen LogP contribution in [0.2, 0.25) is 0 Å². The molecule has 0 fully saturated rings. The van der Waals surface area contributed by atoms with Crippen molar-refractivity contribution in [1.29, 1.82) is 0 Å². The number of aliphatic hydroxyl groups excluding tert-OH is 1. The molecule has 0 aliphatic rings. The summed E-state index contributed by atoms with van der Waals surface area (Å²) in [6.45, 7) is 5.70. The highest BCUT2D eigenvalue weighted by molar-refractivity contribution is 4.64. The molecule has 0 spiro atoms. The van der Waals surface area contributed by atoms with Gasteiger partial charge in [-0.15, -0.1) is 0 Å². The molecule has 0 unspecified atom stereocenters. The van der Waals surface area contributed by atoms with Crippen LogP contribution in [0, 0.1) is 0 Å². The van der Waals surface area contributed by atoms with Crippen LogP contribution in [0.3, 0.4) is 0 Å². The van der Waals surface area contributed by atoms with E-state index >= 15 is 0 Å². The van der Waals surface area contributed by atoms with Crippen molar-refractivity contribution in [3.63, 3.8) is 0 Å². The van der Waals surface area contributed by atoms with Crippen molar-refractivity contribution in [2.75, 3.05) is 13.2 Å². The van der Waals surface area contributed by atoms with E-state index in [-0.39, 0.29) is 0 Å². The largest absolute Gasteiger partial charge is 0.396 e. The van der Waals surface area contributed by atoms with Gasteiger partial charge in [0.25, 0.3) is 0 Å². The third kappa shape index (κ3) is 6.62. The Morgan fingerprint density at radius 2 is 1.75 bits per heavy atom. The van der Waals surface area contributed by atoms with Gasteiger partial charge in [-0.1, -0.05) is 26.7 Å². The van der Waals surface area contributed by atoms with Gasteiger partial charge in [-0.25, -0.2) is 0 Å². The molecular formula is C10H23NO. The van der Waals surface area contributed by atoms with Crippen LogP contribution in [-0.2, 0) is 0 Å². The summed E-state index contributed by atoms with van der Waals surface area (Å²) >= 11 is 0. The van der Waals surface area contributed by atoms with Crippen molar-refractivity contribution in [3.05, 3.63) is 0 Å². The van der Waals surface area contributed by atoms with E-state index in [0.717, 1.165) is 13.0 Å². The second-order valence-corrected chi connectivity index (χ2v) is 3.31. The van der Waals surface area contributed by atoms with Gasteiger partial charge in [0.2, 0.25) is 0 Å². The standard InChI is InChI=1S/C10H23NO/c1-3-6-10(7-4-2)11-8-5-9-12/h10-12H,3-9H2,1-2H3. The summed E-state index contributed by atoms with van der Waals surface area (Å²) in [5.74, 6) is 0. The Morgan fingerprint density at radius 1 is 1.17 bits per heavy atom. The zero-order chi connectivity index (χ0) is 9.23. The van der Waals surface area contributed by atoms with Gasteiger partial charge >= 0.3 is 0 Å². The number of hydrogen-bond donors (Lipinski definition) is 2. The first kappa shape index (κ1) is 11.9. The predicted molar refractivity (Wildman–Crippen MR) is 53.3 cm³/mol. The smallest absolute Gasteiger partial charge is 0.0443 e. The van der Waals surface area contributed by atoms with Gasteiger partial charge in [-0.2, -0.15) is 0 Å². The number of rotatable bonds is 8. The summed E-state index contributed by atoms with van der Waals surface area (Å²) in [6.07, 6.45) is 5.90. The van der Waals surface area contributed by atoms with E-state index in [1.165, 1.54) is 25.7 Å². The molecule has 0 saturated heterocycles. The fourth-order valence-electron chi connectivity index (χ4n) is 1.43. The van der Waals surface area contributed by atoms with Crippen LogP contribution in [-0.4, -0.2) is 24.3 Å². The molecule has 2 heteroatoms. The highest BCUT2D eigenvalue weighted by Gasteiger charge is 2.03. The fraction of sp³-hybridized carbons (Fsp3) is 1.00. The van der Waals surface area contributed by atoms with Crippen LogP contribution in [0.4, 0.5) is 0 Å². The summed E-state index contributed by atoms with van der Waals surface area (Å²) in [4.78, 5) is 0. The first-order valence-electron chi connectivity index (χ1n) is 5.19. The minimum atomic E-state index is 0.304. The molecule has 0 saturated carbocycles. The van der Waals surface area contributed by atoms with E-state index in [9.17, 15) is 0 Å². The molecule has 0 aromatic carbocycles. The van der Waals surface area contributed by atoms with E-state index in [1.807, 2.05) is 0 Å². The number of nitrogens with one attached hydrogen (secondary N) is 1. The van der Waals surface area contributed by atoms with Crippen LogP contribution in [0.15, 0.2) is 0 Å². The lowest BCUT2D eigenvalue weighted by Crippen LogP contribution is -2.30. The third-order valence-electron chi connectivity index (χ3n) is 2.04. The molecule has 2 nitrogen and oxygen atoms in total. The Morgan fingerprint density at radius 3 is 2.17 bits per heavy atom. The Bertz CT molecular complexity index is 79.9. The maximum atomic E-state index is 8.60. The van der Waals surface area contributed by atoms with Gasteiger partial charge in [-0.05, 0) is 25.8 Å². The lowest BCUT2D eigenvalue weighted by atomic mass is 10.1. The SMILES string of the molecule is CCCC(CCC)NCCCO. The third-order valence-corrected chi connectivity index (χ3v) is 2.04. The van der Waals surface area contributed by atoms with E-state index in [1.54, 1.807) is 0 Å². The van der Waals surface area contributed by atoms with E-state index in [4.69, 9.17) is 5.11 Å². The van der Waals surface area contributed by atoms with Gasteiger partial charge in [0.1, 0.15) is 0 Å². The predicted octanol–water partition coefficient (Wildman–Crippen LogP) is 1.93. The molecule has 0 rings (SSSR count). The normalized spacial score (nSPS) is 11.0. The molecule has 0 amide bonds. The van der Waals surface area contributed by atoms with Crippen molar-refractivity contribution in [3.8, 4) is 0 Å². The zero-order valence-electron chi connectivity index (χ0n) is 8.47. The Kier molecular flexibility index (Phi) is 8.95. The Hall–Kier alpha value is -0.0800. The van der Waals surface area contributed by atoms with E-state index < -0.39 is 0 Å². The van der Waals surface area contributed by atoms with Crippen molar-refractivity contribution in [2.24, 2.45) is 0 Å². The number of hydrogen-bond acceptors (Lipinski definition) is 2. The summed E-state index contributed by atoms with van der Waals surface area (Å²) in [5.41, 5.74) is 0. The second-order valence-electron chi connectivity index (χ2n) is 3.31. The van der Waals surface area contributed by atoms with E-state index in [0.29, 0.717) is 12.6 Å². The minimum Gasteiger partial charge on any atom is -0.396 e. The summed E-state index contributed by atoms with van der Waals surface area (Å²) in [6, 6.07) is 0.673. The highest BCUT2D eigenvalue weighted by atomic mass is 16.3. The molecule has 0 bridgehead atoms. The quantitative estimate of drug-likeness (QED) is 0.550. The first-order chi connectivity index (χ1) is 5.85. The second kappa shape index (κ2) is 9.01. The molecule has 12 heavy (non-hydrogen) atoms. The van der Waals surface area contributed by atoms with Crippen LogP contribution in [0.25, 0.3) is 0 Å². The molecule has 2 N–H and O–H groups in total. The van der Waals surface area contributed by atoms with Crippen LogP contribution in [0.5, 0.6) is 0 Å². The van der Waals surface area contributed by atoms with Gasteiger partial charge < -0.3 is 10.4 Å². The molecular weight excluding hydrogens is 150 g/mol. The Labute approximate surface area is 76.4 Å². The highest BCUT2D eigenvalue weighted by Crippen LogP contribution is 2.03. The van der Waals surface area contributed by atoms with Crippen molar-refractivity contribution >= 4 is 0 Å². The van der Waals surface area contributed by atoms with Gasteiger partial charge in [0.05, 0.1) is 0 Å². The summed E-state index contributed by atoms with van der Waals surface area (Å²) in [7, 11) is 0. The molecule has 0 atom stereocenters. The van der Waals surface area contributed by atoms with Gasteiger partial charge in [0.15, 0.2) is 0 Å². The maximum absolute atomic E-state index is 8.60. The molecule has 74 valence electrons. The van der Waals surface area contributed by atoms with E-state index in [2.05, 4.69) is 19.2 Å². The minimum absolute atomic E-state index is 0.304. The zero-order valence-corrected chi connectivity index (χ0v) is 8.47. The fourth-order valence-corrected chi connectivity index (χ4v) is 1.43. The van der Waals surface area contributed by atoms with Gasteiger partial charge in [0, 0.05) is 12.6 Å². The molecule has 0 aliphatic heterocycles. The monoisotopic (exact) mass is 173 g/mol. The topological polar surface area (TPSA) is 32.3 Å². The van der Waals surface area contributed by atoms with Crippen LogP contribution in [0.1, 0.15) is 46.0 Å². The van der Waals surface area contributed by atoms with Gasteiger partial charge in [-0.3, -0.25) is 0 Å². The van der Waals surface area contributed by atoms with Crippen LogP contribution < -0.4 is 5.32 Å². The Balaban J connectivity index is 3.34. The average Bonchev–Trinajstić information content (AvgIpc) is 2.06. The molecule has 0 heterocycles. The molecule has 0 radical (unpaired) electrons. The van der Waals surface area contributed by atoms with Crippen molar-refractivity contribution in [1.82, 2.24) is 5.32 Å². The van der Waals surface area contributed by atoms with Crippen LogP contribution >= 0.6 is 0 Å². The average molecular weight is 173 g/mol. The lowest BCUT2D eigenvalue weighted by Gasteiger charge is -2.16. The summed E-state index contributed by atoms with van der Waals surface area (Å²) in [5, 5.41) is 12.1. The molecule has 0 aromatic heterocycles. The molecule has 0 aliphatic carbocycles. The molecule has 0 aromatic rings.